The fourth-order valence-corrected chi connectivity index (χ4v) is 2.37. The zero-order chi connectivity index (χ0) is 12.1. The van der Waals surface area contributed by atoms with E-state index in [1.54, 1.807) is 0 Å². The number of ether oxygens (including phenoxy) is 1. The van der Waals surface area contributed by atoms with Gasteiger partial charge in [-0.15, -0.1) is 0 Å². The number of hydrogen-bond acceptors (Lipinski definition) is 3. The Morgan fingerprint density at radius 1 is 1.29 bits per heavy atom. The molecule has 1 saturated heterocycles. The Labute approximate surface area is 104 Å². The smallest absolute Gasteiger partial charge is 0.0641 e. The first-order valence-electron chi connectivity index (χ1n) is 6.43. The van der Waals surface area contributed by atoms with Gasteiger partial charge in [0.15, 0.2) is 0 Å². The minimum Gasteiger partial charge on any atom is -0.380 e. The Bertz CT molecular complexity index is 357. The minimum absolute atomic E-state index is 0.709. The summed E-state index contributed by atoms with van der Waals surface area (Å²) in [5, 5.41) is 0. The molecule has 0 radical (unpaired) electrons. The second-order valence-corrected chi connectivity index (χ2v) is 4.62. The van der Waals surface area contributed by atoms with E-state index >= 15 is 0 Å². The van der Waals surface area contributed by atoms with Gasteiger partial charge in [-0.25, -0.2) is 0 Å². The molecule has 2 N–H and O–H groups in total. The molecule has 1 aliphatic rings. The summed E-state index contributed by atoms with van der Waals surface area (Å²) >= 11 is 0. The molecule has 1 aliphatic heterocycles. The molecule has 1 heterocycles. The Hall–Kier alpha value is -1.06. The first kappa shape index (κ1) is 12.4. The van der Waals surface area contributed by atoms with Gasteiger partial charge in [0, 0.05) is 25.4 Å². The van der Waals surface area contributed by atoms with Gasteiger partial charge in [-0.1, -0.05) is 17.7 Å². The van der Waals surface area contributed by atoms with E-state index in [4.69, 9.17) is 10.5 Å². The summed E-state index contributed by atoms with van der Waals surface area (Å²) in [6.45, 7) is 6.63. The van der Waals surface area contributed by atoms with Gasteiger partial charge in [-0.05, 0) is 37.9 Å². The predicted molar refractivity (Wildman–Crippen MR) is 71.6 cm³/mol. The lowest BCUT2D eigenvalue weighted by molar-refractivity contribution is 0.152. The lowest BCUT2D eigenvalue weighted by Gasteiger charge is -2.25. The van der Waals surface area contributed by atoms with Crippen molar-refractivity contribution in [1.82, 2.24) is 0 Å². The fraction of sp³-hybridized carbons (Fsp3) is 0.571. The molecule has 1 aromatic rings. The van der Waals surface area contributed by atoms with Gasteiger partial charge in [0.25, 0.3) is 0 Å². The largest absolute Gasteiger partial charge is 0.380 e. The number of benzene rings is 1. The van der Waals surface area contributed by atoms with Crippen LogP contribution in [0.2, 0.25) is 0 Å². The van der Waals surface area contributed by atoms with E-state index in [1.807, 2.05) is 0 Å². The number of aryl methyl sites for hydroxylation is 1. The van der Waals surface area contributed by atoms with Crippen LogP contribution in [0.1, 0.15) is 17.5 Å². The van der Waals surface area contributed by atoms with Gasteiger partial charge in [0.2, 0.25) is 0 Å². The number of rotatable bonds is 3. The van der Waals surface area contributed by atoms with Crippen LogP contribution >= 0.6 is 0 Å². The standard InChI is InChI=1S/C14H22N2O/c1-12-3-4-14(13(11-12)5-6-15)16-7-2-9-17-10-8-16/h3-4,11H,2,5-10,15H2,1H3. The molecule has 1 fully saturated rings. The summed E-state index contributed by atoms with van der Waals surface area (Å²) in [6, 6.07) is 6.67. The molecular weight excluding hydrogens is 212 g/mol. The molecular formula is C14H22N2O. The molecule has 0 amide bonds. The molecule has 3 heteroatoms. The van der Waals surface area contributed by atoms with Crippen LogP contribution in [-0.2, 0) is 11.2 Å². The predicted octanol–water partition coefficient (Wildman–Crippen LogP) is 1.72. The van der Waals surface area contributed by atoms with Crippen LogP contribution < -0.4 is 10.6 Å². The van der Waals surface area contributed by atoms with Crippen LogP contribution in [0.4, 0.5) is 5.69 Å². The SMILES string of the molecule is Cc1ccc(N2CCCOCC2)c(CCN)c1. The number of anilines is 1. The highest BCUT2D eigenvalue weighted by Crippen LogP contribution is 2.23. The van der Waals surface area contributed by atoms with Crippen LogP contribution in [0, 0.1) is 6.92 Å². The molecule has 0 unspecified atom stereocenters. The van der Waals surface area contributed by atoms with Gasteiger partial charge in [-0.2, -0.15) is 0 Å². The molecule has 1 aromatic carbocycles. The molecule has 0 aliphatic carbocycles. The average molecular weight is 234 g/mol. The normalized spacial score (nSPS) is 16.9. The van der Waals surface area contributed by atoms with Crippen molar-refractivity contribution in [3.63, 3.8) is 0 Å². The Morgan fingerprint density at radius 3 is 3.00 bits per heavy atom. The number of nitrogens with zero attached hydrogens (tertiary/aromatic N) is 1. The highest BCUT2D eigenvalue weighted by molar-refractivity contribution is 5.55. The maximum absolute atomic E-state index is 5.70. The molecule has 0 atom stereocenters. The second kappa shape index (κ2) is 6.03. The maximum Gasteiger partial charge on any atom is 0.0641 e. The summed E-state index contributed by atoms with van der Waals surface area (Å²) < 4.78 is 5.50. The third kappa shape index (κ3) is 3.20. The highest BCUT2D eigenvalue weighted by Gasteiger charge is 2.13. The van der Waals surface area contributed by atoms with Crippen molar-refractivity contribution in [1.29, 1.82) is 0 Å². The molecule has 3 nitrogen and oxygen atoms in total. The maximum atomic E-state index is 5.70. The van der Waals surface area contributed by atoms with E-state index in [-0.39, 0.29) is 0 Å². The monoisotopic (exact) mass is 234 g/mol. The van der Waals surface area contributed by atoms with Crippen LogP contribution in [0.3, 0.4) is 0 Å². The summed E-state index contributed by atoms with van der Waals surface area (Å²) in [5.74, 6) is 0. The first-order chi connectivity index (χ1) is 8.31. The van der Waals surface area contributed by atoms with Gasteiger partial charge < -0.3 is 15.4 Å². The summed E-state index contributed by atoms with van der Waals surface area (Å²) in [7, 11) is 0. The van der Waals surface area contributed by atoms with E-state index in [1.165, 1.54) is 16.8 Å². The summed E-state index contributed by atoms with van der Waals surface area (Å²) in [4.78, 5) is 2.43. The van der Waals surface area contributed by atoms with E-state index in [0.29, 0.717) is 6.54 Å². The third-order valence-corrected chi connectivity index (χ3v) is 3.21. The van der Waals surface area contributed by atoms with E-state index in [0.717, 1.165) is 39.1 Å². The molecule has 94 valence electrons. The van der Waals surface area contributed by atoms with E-state index in [2.05, 4.69) is 30.0 Å². The molecule has 0 saturated carbocycles. The van der Waals surface area contributed by atoms with Crippen molar-refractivity contribution in [2.45, 2.75) is 19.8 Å². The lowest BCUT2D eigenvalue weighted by Crippen LogP contribution is -2.27. The summed E-state index contributed by atoms with van der Waals surface area (Å²) in [6.07, 6.45) is 2.06. The first-order valence-corrected chi connectivity index (χ1v) is 6.43. The van der Waals surface area contributed by atoms with Gasteiger partial charge in [0.05, 0.1) is 6.61 Å². The van der Waals surface area contributed by atoms with Crippen molar-refractivity contribution in [3.05, 3.63) is 29.3 Å². The van der Waals surface area contributed by atoms with Gasteiger partial charge >= 0.3 is 0 Å². The quantitative estimate of drug-likeness (QED) is 0.865. The van der Waals surface area contributed by atoms with Crippen molar-refractivity contribution < 1.29 is 4.74 Å². The van der Waals surface area contributed by atoms with Crippen molar-refractivity contribution in [2.24, 2.45) is 5.73 Å². The average Bonchev–Trinajstić information content (AvgIpc) is 2.58. The van der Waals surface area contributed by atoms with Crippen LogP contribution in [0.25, 0.3) is 0 Å². The molecule has 0 aromatic heterocycles. The number of hydrogen-bond donors (Lipinski definition) is 1. The van der Waals surface area contributed by atoms with Crippen molar-refractivity contribution >= 4 is 5.69 Å². The Balaban J connectivity index is 2.22. The van der Waals surface area contributed by atoms with E-state index in [9.17, 15) is 0 Å². The minimum atomic E-state index is 0.709. The zero-order valence-corrected chi connectivity index (χ0v) is 10.6. The van der Waals surface area contributed by atoms with Crippen LogP contribution in [0.15, 0.2) is 18.2 Å². The van der Waals surface area contributed by atoms with Crippen LogP contribution in [-0.4, -0.2) is 32.8 Å². The summed E-state index contributed by atoms with van der Waals surface area (Å²) in [5.41, 5.74) is 9.71. The Kier molecular flexibility index (Phi) is 4.40. The lowest BCUT2D eigenvalue weighted by atomic mass is 10.1. The molecule has 2 rings (SSSR count). The zero-order valence-electron chi connectivity index (χ0n) is 10.6. The van der Waals surface area contributed by atoms with Gasteiger partial charge in [-0.3, -0.25) is 0 Å². The topological polar surface area (TPSA) is 38.5 Å². The number of nitrogens with two attached hydrogens (primary N) is 1. The van der Waals surface area contributed by atoms with E-state index < -0.39 is 0 Å². The molecule has 0 spiro atoms. The highest BCUT2D eigenvalue weighted by atomic mass is 16.5. The van der Waals surface area contributed by atoms with Crippen molar-refractivity contribution in [2.75, 3.05) is 37.7 Å². The third-order valence-electron chi connectivity index (χ3n) is 3.21. The molecule has 0 bridgehead atoms. The van der Waals surface area contributed by atoms with Gasteiger partial charge in [0.1, 0.15) is 0 Å². The second-order valence-electron chi connectivity index (χ2n) is 4.62. The Morgan fingerprint density at radius 2 is 2.18 bits per heavy atom. The molecule has 17 heavy (non-hydrogen) atoms. The fourth-order valence-electron chi connectivity index (χ4n) is 2.37. The van der Waals surface area contributed by atoms with Crippen LogP contribution in [0.5, 0.6) is 0 Å². The van der Waals surface area contributed by atoms with Crippen molar-refractivity contribution in [3.8, 4) is 0 Å².